The average molecular weight is 317 g/mol. The largest absolute Gasteiger partial charge is 0.493 e. The molecule has 1 saturated carbocycles. The predicted octanol–water partition coefficient (Wildman–Crippen LogP) is 2.99. The Hall–Kier alpha value is -1.43. The molecule has 1 aromatic carbocycles. The molecule has 0 amide bonds. The number of aromatic nitrogens is 1. The third-order valence-corrected chi connectivity index (χ3v) is 5.08. The van der Waals surface area contributed by atoms with Crippen LogP contribution in [0.3, 0.4) is 0 Å². The molecule has 1 aromatic heterocycles. The van der Waals surface area contributed by atoms with Gasteiger partial charge in [-0.25, -0.2) is 4.98 Å². The summed E-state index contributed by atoms with van der Waals surface area (Å²) in [5, 5.41) is 1.01. The number of ether oxygens (including phenoxy) is 1. The van der Waals surface area contributed by atoms with Crippen molar-refractivity contribution in [1.82, 2.24) is 9.88 Å². The van der Waals surface area contributed by atoms with E-state index in [-0.39, 0.29) is 0 Å². The van der Waals surface area contributed by atoms with Crippen molar-refractivity contribution >= 4 is 11.3 Å². The Bertz CT molecular complexity index is 617. The second-order valence-electron chi connectivity index (χ2n) is 6.39. The molecule has 0 aliphatic heterocycles. The summed E-state index contributed by atoms with van der Waals surface area (Å²) < 4.78 is 5.99. The van der Waals surface area contributed by atoms with Crippen LogP contribution in [0.15, 0.2) is 30.5 Å². The van der Waals surface area contributed by atoms with E-state index in [1.807, 2.05) is 18.3 Å². The third-order valence-electron chi connectivity index (χ3n) is 4.01. The van der Waals surface area contributed by atoms with Crippen molar-refractivity contribution in [2.75, 3.05) is 27.2 Å². The first-order valence-corrected chi connectivity index (χ1v) is 8.45. The van der Waals surface area contributed by atoms with Gasteiger partial charge in [0.15, 0.2) is 0 Å². The van der Waals surface area contributed by atoms with Crippen LogP contribution in [0, 0.1) is 5.41 Å². The molecule has 1 fully saturated rings. The van der Waals surface area contributed by atoms with Crippen molar-refractivity contribution in [3.05, 3.63) is 35.3 Å². The molecule has 22 heavy (non-hydrogen) atoms. The molecular weight excluding hydrogens is 294 g/mol. The molecule has 2 aromatic rings. The molecule has 0 saturated heterocycles. The molecule has 0 bridgehead atoms. The molecule has 1 heterocycles. The summed E-state index contributed by atoms with van der Waals surface area (Å²) in [6.07, 6.45) is 4.39. The van der Waals surface area contributed by atoms with E-state index in [1.165, 1.54) is 12.8 Å². The lowest BCUT2D eigenvalue weighted by Gasteiger charge is -2.20. The summed E-state index contributed by atoms with van der Waals surface area (Å²) in [4.78, 5) is 7.76. The number of hydrogen-bond acceptors (Lipinski definition) is 5. The van der Waals surface area contributed by atoms with Crippen LogP contribution in [0.4, 0.5) is 0 Å². The van der Waals surface area contributed by atoms with Crippen molar-refractivity contribution in [2.45, 2.75) is 19.4 Å². The molecule has 118 valence electrons. The van der Waals surface area contributed by atoms with Gasteiger partial charge in [-0.2, -0.15) is 0 Å². The van der Waals surface area contributed by atoms with E-state index in [0.717, 1.165) is 34.3 Å². The molecule has 0 spiro atoms. The van der Waals surface area contributed by atoms with Crippen LogP contribution in [-0.4, -0.2) is 37.1 Å². The van der Waals surface area contributed by atoms with Gasteiger partial charge in [-0.3, -0.25) is 0 Å². The summed E-state index contributed by atoms with van der Waals surface area (Å²) >= 11 is 1.64. The third kappa shape index (κ3) is 3.66. The molecule has 0 atom stereocenters. The van der Waals surface area contributed by atoms with E-state index < -0.39 is 0 Å². The van der Waals surface area contributed by atoms with Crippen LogP contribution >= 0.6 is 11.3 Å². The monoisotopic (exact) mass is 317 g/mol. The second kappa shape index (κ2) is 6.36. The minimum Gasteiger partial charge on any atom is -0.493 e. The second-order valence-corrected chi connectivity index (χ2v) is 7.50. The first kappa shape index (κ1) is 15.5. The maximum Gasteiger partial charge on any atom is 0.123 e. The lowest BCUT2D eigenvalue weighted by Crippen LogP contribution is -2.27. The predicted molar refractivity (Wildman–Crippen MR) is 91.2 cm³/mol. The molecule has 3 rings (SSSR count). The lowest BCUT2D eigenvalue weighted by molar-refractivity contribution is 0.194. The minimum absolute atomic E-state index is 0.369. The Labute approximate surface area is 135 Å². The SMILES string of the molecule is CN(C)CC1(COc2ccc(-c3ncc(CN)s3)cc2)CC1. The van der Waals surface area contributed by atoms with Crippen LogP contribution in [0.2, 0.25) is 0 Å². The van der Waals surface area contributed by atoms with Crippen LogP contribution < -0.4 is 10.5 Å². The van der Waals surface area contributed by atoms with Crippen LogP contribution in [0.1, 0.15) is 17.7 Å². The summed E-state index contributed by atoms with van der Waals surface area (Å²) in [5.41, 5.74) is 7.12. The fourth-order valence-corrected chi connectivity index (χ4v) is 3.46. The zero-order valence-corrected chi connectivity index (χ0v) is 14.0. The van der Waals surface area contributed by atoms with Gasteiger partial charge >= 0.3 is 0 Å². The highest BCUT2D eigenvalue weighted by Gasteiger charge is 2.43. The maximum atomic E-state index is 5.99. The molecular formula is C17H23N3OS. The van der Waals surface area contributed by atoms with Gasteiger partial charge in [-0.15, -0.1) is 11.3 Å². The zero-order chi connectivity index (χ0) is 15.6. The summed E-state index contributed by atoms with van der Waals surface area (Å²) in [5.74, 6) is 0.935. The van der Waals surface area contributed by atoms with Crippen LogP contribution in [0.25, 0.3) is 10.6 Å². The van der Waals surface area contributed by atoms with Crippen molar-refractivity contribution < 1.29 is 4.74 Å². The molecule has 1 aliphatic carbocycles. The van der Waals surface area contributed by atoms with Gasteiger partial charge in [-0.05, 0) is 51.2 Å². The van der Waals surface area contributed by atoms with Crippen LogP contribution in [-0.2, 0) is 6.54 Å². The number of thiazole rings is 1. The van der Waals surface area contributed by atoms with Gasteiger partial charge in [0, 0.05) is 35.1 Å². The summed E-state index contributed by atoms with van der Waals surface area (Å²) in [6, 6.07) is 8.20. The number of rotatable bonds is 7. The number of nitrogens with two attached hydrogens (primary N) is 1. The minimum atomic E-state index is 0.369. The molecule has 5 heteroatoms. The highest BCUT2D eigenvalue weighted by molar-refractivity contribution is 7.15. The quantitative estimate of drug-likeness (QED) is 0.853. The normalized spacial score (nSPS) is 16.0. The number of hydrogen-bond donors (Lipinski definition) is 1. The number of nitrogens with zero attached hydrogens (tertiary/aromatic N) is 2. The van der Waals surface area contributed by atoms with Gasteiger partial charge < -0.3 is 15.4 Å². The maximum absolute atomic E-state index is 5.99. The van der Waals surface area contributed by atoms with Crippen molar-refractivity contribution in [1.29, 1.82) is 0 Å². The van der Waals surface area contributed by atoms with E-state index in [0.29, 0.717) is 12.0 Å². The lowest BCUT2D eigenvalue weighted by atomic mass is 10.1. The highest BCUT2D eigenvalue weighted by atomic mass is 32.1. The van der Waals surface area contributed by atoms with Crippen molar-refractivity contribution in [3.8, 4) is 16.3 Å². The first-order valence-electron chi connectivity index (χ1n) is 7.63. The molecule has 0 unspecified atom stereocenters. The zero-order valence-electron chi connectivity index (χ0n) is 13.2. The molecule has 4 nitrogen and oxygen atoms in total. The smallest absolute Gasteiger partial charge is 0.123 e. The summed E-state index contributed by atoms with van der Waals surface area (Å²) in [6.45, 7) is 2.46. The molecule has 2 N–H and O–H groups in total. The molecule has 1 aliphatic rings. The van der Waals surface area contributed by atoms with E-state index in [1.54, 1.807) is 11.3 Å². The standard InChI is InChI=1S/C17H23N3OS/c1-20(2)11-17(7-8-17)12-21-14-5-3-13(4-6-14)16-19-10-15(9-18)22-16/h3-6,10H,7-9,11-12,18H2,1-2H3. The summed E-state index contributed by atoms with van der Waals surface area (Å²) in [7, 11) is 4.25. The van der Waals surface area contributed by atoms with Gasteiger partial charge in [0.1, 0.15) is 10.8 Å². The van der Waals surface area contributed by atoms with Gasteiger partial charge in [0.05, 0.1) is 6.61 Å². The van der Waals surface area contributed by atoms with E-state index in [2.05, 4.69) is 36.1 Å². The first-order chi connectivity index (χ1) is 10.6. The fourth-order valence-electron chi connectivity index (χ4n) is 2.66. The Morgan fingerprint density at radius 3 is 2.55 bits per heavy atom. The highest BCUT2D eigenvalue weighted by Crippen LogP contribution is 2.46. The van der Waals surface area contributed by atoms with Gasteiger partial charge in [0.2, 0.25) is 0 Å². The van der Waals surface area contributed by atoms with E-state index in [9.17, 15) is 0 Å². The van der Waals surface area contributed by atoms with Gasteiger partial charge in [-0.1, -0.05) is 0 Å². The molecule has 0 radical (unpaired) electrons. The Balaban J connectivity index is 1.60. The Kier molecular flexibility index (Phi) is 4.47. The van der Waals surface area contributed by atoms with Crippen LogP contribution in [0.5, 0.6) is 5.75 Å². The Morgan fingerprint density at radius 1 is 1.27 bits per heavy atom. The van der Waals surface area contributed by atoms with Crippen molar-refractivity contribution in [2.24, 2.45) is 11.1 Å². The van der Waals surface area contributed by atoms with E-state index >= 15 is 0 Å². The average Bonchev–Trinajstić information content (AvgIpc) is 3.10. The van der Waals surface area contributed by atoms with E-state index in [4.69, 9.17) is 10.5 Å². The van der Waals surface area contributed by atoms with Gasteiger partial charge in [0.25, 0.3) is 0 Å². The Morgan fingerprint density at radius 2 is 2.00 bits per heavy atom. The fraction of sp³-hybridized carbons (Fsp3) is 0.471. The van der Waals surface area contributed by atoms with Crippen molar-refractivity contribution in [3.63, 3.8) is 0 Å². The topological polar surface area (TPSA) is 51.4 Å². The number of benzene rings is 1.